The van der Waals surface area contributed by atoms with E-state index in [1.807, 2.05) is 0 Å². The first-order chi connectivity index (χ1) is 21.6. The van der Waals surface area contributed by atoms with Crippen molar-refractivity contribution in [2.45, 2.75) is 50.3 Å². The van der Waals surface area contributed by atoms with E-state index >= 15 is 0 Å². The lowest BCUT2D eigenvalue weighted by Gasteiger charge is -2.20. The lowest BCUT2D eigenvalue weighted by molar-refractivity contribution is -0.192. The molecule has 0 radical (unpaired) electrons. The van der Waals surface area contributed by atoms with Gasteiger partial charge in [-0.25, -0.2) is 9.59 Å². The fraction of sp³-hybridized carbons (Fsp3) is 0.310. The number of amidine groups is 1. The lowest BCUT2D eigenvalue weighted by atomic mass is 9.88. The van der Waals surface area contributed by atoms with E-state index in [4.69, 9.17) is 15.6 Å². The van der Waals surface area contributed by atoms with E-state index in [-0.39, 0.29) is 29.0 Å². The number of nitrogens with two attached hydrogens (primary N) is 1. The summed E-state index contributed by atoms with van der Waals surface area (Å²) in [4.78, 5) is 37.7. The Kier molecular flexibility index (Phi) is 13.0. The second-order valence-electron chi connectivity index (χ2n) is 9.71. The molecule has 18 heteroatoms. The minimum atomic E-state index is -5.08. The minimum absolute atomic E-state index is 0.0426. The van der Waals surface area contributed by atoms with Crippen molar-refractivity contribution in [3.8, 4) is 0 Å². The number of thiophene rings is 1. The fourth-order valence-electron chi connectivity index (χ4n) is 3.98. The monoisotopic (exact) mass is 699 g/mol. The summed E-state index contributed by atoms with van der Waals surface area (Å²) in [5, 5.41) is 19.0. The number of carboxylic acids is 2. The number of amides is 1. The van der Waals surface area contributed by atoms with Gasteiger partial charge in [-0.15, -0.1) is 11.3 Å². The van der Waals surface area contributed by atoms with Crippen LogP contribution in [0.1, 0.15) is 62.5 Å². The minimum Gasteiger partial charge on any atom is -0.480 e. The summed E-state index contributed by atoms with van der Waals surface area (Å²) < 4.78 is 112. The number of carboxylic acid groups (broad SMARTS) is 2. The van der Waals surface area contributed by atoms with Crippen molar-refractivity contribution in [1.29, 1.82) is 0 Å². The molecule has 0 aliphatic rings. The quantitative estimate of drug-likeness (QED) is 0.0782. The molecule has 5 N–H and O–H groups in total. The van der Waals surface area contributed by atoms with E-state index in [0.29, 0.717) is 17.1 Å². The normalized spacial score (nSPS) is 13.0. The topological polar surface area (TPSA) is 142 Å². The van der Waals surface area contributed by atoms with Crippen molar-refractivity contribution in [3.63, 3.8) is 0 Å². The third kappa shape index (κ3) is 11.9. The van der Waals surface area contributed by atoms with Gasteiger partial charge in [0.1, 0.15) is 6.04 Å². The van der Waals surface area contributed by atoms with Gasteiger partial charge < -0.3 is 21.3 Å². The molecule has 1 atom stereocenters. The Morgan fingerprint density at radius 3 is 1.74 bits per heavy atom. The molecule has 0 bridgehead atoms. The fourth-order valence-corrected chi connectivity index (χ4v) is 5.05. The highest BCUT2D eigenvalue weighted by Crippen LogP contribution is 2.40. The van der Waals surface area contributed by atoms with Crippen LogP contribution >= 0.6 is 11.3 Å². The first kappa shape index (κ1) is 38.6. The molecule has 47 heavy (non-hydrogen) atoms. The molecule has 0 saturated heterocycles. The van der Waals surface area contributed by atoms with Crippen LogP contribution in [0.15, 0.2) is 65.7 Å². The predicted octanol–water partition coefficient (Wildman–Crippen LogP) is 6.94. The molecule has 1 amide bonds. The van der Waals surface area contributed by atoms with Crippen LogP contribution in [-0.2, 0) is 21.9 Å². The standard InChI is InChI=1S/C27H25F6N3O3S.C2HF3O2/c1-15(34)35-12-4-9-20(25(38)39)36-24(37)22-11-10-21(40-22)23(16-5-2-7-18(13-16)26(28,29)30)17-6-3-8-19(14-17)27(31,32)33;3-2(4,5)1(6)7/h2-3,5-8,10-11,13-14,20,23H,4,9,12H2,1H3,(H2,34,35)(H,36,37)(H,38,39);(H,6,7)/t20-;/m0./s1. The second-order valence-corrected chi connectivity index (χ2v) is 10.8. The van der Waals surface area contributed by atoms with Crippen LogP contribution < -0.4 is 11.1 Å². The third-order valence-electron chi connectivity index (χ3n) is 6.09. The van der Waals surface area contributed by atoms with Crippen LogP contribution in [0.25, 0.3) is 0 Å². The van der Waals surface area contributed by atoms with Crippen LogP contribution in [0.3, 0.4) is 0 Å². The van der Waals surface area contributed by atoms with E-state index < -0.39 is 59.5 Å². The van der Waals surface area contributed by atoms with E-state index in [1.54, 1.807) is 6.92 Å². The van der Waals surface area contributed by atoms with Crippen LogP contribution in [-0.4, -0.2) is 52.7 Å². The van der Waals surface area contributed by atoms with Gasteiger partial charge in [0, 0.05) is 17.3 Å². The van der Waals surface area contributed by atoms with E-state index in [0.717, 1.165) is 47.7 Å². The number of nitrogens with zero attached hydrogens (tertiary/aromatic N) is 1. The smallest absolute Gasteiger partial charge is 0.480 e. The number of carbonyl (C=O) groups excluding carboxylic acids is 1. The Morgan fingerprint density at radius 1 is 0.851 bits per heavy atom. The molecule has 0 aliphatic heterocycles. The predicted molar refractivity (Wildman–Crippen MR) is 152 cm³/mol. The molecular formula is C29H26F9N3O5S. The summed E-state index contributed by atoms with van der Waals surface area (Å²) >= 11 is 0.846. The number of aliphatic imine (C=N–C) groups is 1. The van der Waals surface area contributed by atoms with E-state index in [9.17, 15) is 54.2 Å². The number of hydrogen-bond acceptors (Lipinski definition) is 5. The molecular weight excluding hydrogens is 673 g/mol. The molecule has 2 aromatic carbocycles. The Labute approximate surface area is 264 Å². The first-order valence-corrected chi connectivity index (χ1v) is 14.0. The summed E-state index contributed by atoms with van der Waals surface area (Å²) in [6, 6.07) is 10.0. The number of hydrogen-bond donors (Lipinski definition) is 4. The summed E-state index contributed by atoms with van der Waals surface area (Å²) in [5.74, 6) is -5.51. The first-order valence-electron chi connectivity index (χ1n) is 13.2. The molecule has 0 fully saturated rings. The maximum Gasteiger partial charge on any atom is 0.490 e. The summed E-state index contributed by atoms with van der Waals surface area (Å²) in [6.45, 7) is 1.84. The molecule has 0 unspecified atom stereocenters. The van der Waals surface area contributed by atoms with E-state index in [1.165, 1.54) is 24.3 Å². The molecule has 1 heterocycles. The number of nitrogens with one attached hydrogen (secondary N) is 1. The lowest BCUT2D eigenvalue weighted by Crippen LogP contribution is -2.40. The zero-order chi connectivity index (χ0) is 35.7. The van der Waals surface area contributed by atoms with E-state index in [2.05, 4.69) is 10.3 Å². The van der Waals surface area contributed by atoms with Gasteiger partial charge in [0.15, 0.2) is 0 Å². The molecule has 0 spiro atoms. The highest BCUT2D eigenvalue weighted by Gasteiger charge is 2.38. The highest BCUT2D eigenvalue weighted by atomic mass is 32.1. The molecule has 3 rings (SSSR count). The Balaban J connectivity index is 0.000000984. The summed E-state index contributed by atoms with van der Waals surface area (Å²) in [7, 11) is 0. The maximum absolute atomic E-state index is 13.4. The molecule has 8 nitrogen and oxygen atoms in total. The number of halogens is 9. The zero-order valence-corrected chi connectivity index (χ0v) is 24.8. The highest BCUT2D eigenvalue weighted by molar-refractivity contribution is 7.14. The Hall–Kier alpha value is -4.61. The van der Waals surface area contributed by atoms with Crippen molar-refractivity contribution in [2.24, 2.45) is 10.7 Å². The maximum atomic E-state index is 13.4. The number of benzene rings is 2. The van der Waals surface area contributed by atoms with Crippen LogP contribution in [0, 0.1) is 0 Å². The third-order valence-corrected chi connectivity index (χ3v) is 7.24. The van der Waals surface area contributed by atoms with Crippen molar-refractivity contribution >= 4 is 35.0 Å². The number of rotatable bonds is 10. The van der Waals surface area contributed by atoms with Crippen LogP contribution in [0.4, 0.5) is 39.5 Å². The molecule has 0 aliphatic carbocycles. The van der Waals surface area contributed by atoms with Gasteiger partial charge in [-0.1, -0.05) is 36.4 Å². The van der Waals surface area contributed by atoms with Gasteiger partial charge in [-0.2, -0.15) is 39.5 Å². The average Bonchev–Trinajstić information content (AvgIpc) is 3.43. The van der Waals surface area contributed by atoms with Gasteiger partial charge in [-0.3, -0.25) is 9.79 Å². The van der Waals surface area contributed by atoms with Crippen molar-refractivity contribution in [3.05, 3.63) is 92.7 Å². The van der Waals surface area contributed by atoms with Gasteiger partial charge in [-0.05, 0) is 55.2 Å². The Bertz CT molecular complexity index is 1520. The molecule has 1 aromatic heterocycles. The largest absolute Gasteiger partial charge is 0.490 e. The van der Waals surface area contributed by atoms with Gasteiger partial charge in [0.2, 0.25) is 0 Å². The number of alkyl halides is 9. The zero-order valence-electron chi connectivity index (χ0n) is 24.0. The number of aliphatic carboxylic acids is 2. The SMILES string of the molecule is CC(N)=NCCC[C@H](NC(=O)c1ccc(C(c2cccc(C(F)(F)F)c2)c2cccc(C(F)(F)F)c2)s1)C(=O)O.O=C(O)C(F)(F)F. The van der Waals surface area contributed by atoms with Crippen molar-refractivity contribution in [1.82, 2.24) is 5.32 Å². The second kappa shape index (κ2) is 15.8. The molecule has 256 valence electrons. The van der Waals surface area contributed by atoms with Crippen LogP contribution in [0.2, 0.25) is 0 Å². The average molecular weight is 700 g/mol. The Morgan fingerprint density at radius 2 is 1.34 bits per heavy atom. The molecule has 3 aromatic rings. The summed E-state index contributed by atoms with van der Waals surface area (Å²) in [6.07, 6.45) is -14.1. The van der Waals surface area contributed by atoms with Crippen LogP contribution in [0.5, 0.6) is 0 Å². The van der Waals surface area contributed by atoms with Gasteiger partial charge in [0.25, 0.3) is 5.91 Å². The molecule has 0 saturated carbocycles. The van der Waals surface area contributed by atoms with Gasteiger partial charge >= 0.3 is 30.5 Å². The summed E-state index contributed by atoms with van der Waals surface area (Å²) in [5.41, 5.74) is 3.64. The van der Waals surface area contributed by atoms with Crippen molar-refractivity contribution in [2.75, 3.05) is 6.54 Å². The van der Waals surface area contributed by atoms with Crippen molar-refractivity contribution < 1.29 is 64.1 Å². The van der Waals surface area contributed by atoms with Gasteiger partial charge in [0.05, 0.1) is 21.8 Å². The number of carbonyl (C=O) groups is 3.